The maximum atomic E-state index is 12.9. The normalized spacial score (nSPS) is 14.6. The number of nitrogen functional groups attached to an aromatic ring is 1. The Morgan fingerprint density at radius 2 is 2.24 bits per heavy atom. The molecule has 0 spiro atoms. The van der Waals surface area contributed by atoms with Gasteiger partial charge in [0.1, 0.15) is 4.88 Å². The molecule has 3 rings (SSSR count). The van der Waals surface area contributed by atoms with Crippen molar-refractivity contribution in [3.05, 3.63) is 27.5 Å². The van der Waals surface area contributed by atoms with Gasteiger partial charge in [0.05, 0.1) is 5.69 Å². The Morgan fingerprint density at radius 1 is 1.48 bits per heavy atom. The predicted molar refractivity (Wildman–Crippen MR) is 92.9 cm³/mol. The first-order chi connectivity index (χ1) is 10.1. The molecule has 21 heavy (non-hydrogen) atoms. The smallest absolute Gasteiger partial charge is 0.266 e. The number of rotatable bonds is 5. The topological polar surface area (TPSA) is 46.3 Å². The highest BCUT2D eigenvalue weighted by molar-refractivity contribution is 9.10. The molecule has 1 heterocycles. The maximum Gasteiger partial charge on any atom is 0.266 e. The molecule has 0 bridgehead atoms. The van der Waals surface area contributed by atoms with Gasteiger partial charge in [-0.2, -0.15) is 0 Å². The molecule has 0 unspecified atom stereocenters. The van der Waals surface area contributed by atoms with Gasteiger partial charge in [0.15, 0.2) is 0 Å². The fourth-order valence-electron chi connectivity index (χ4n) is 2.54. The van der Waals surface area contributed by atoms with E-state index in [1.165, 1.54) is 11.3 Å². The zero-order chi connectivity index (χ0) is 15.0. The summed E-state index contributed by atoms with van der Waals surface area (Å²) in [5.41, 5.74) is 6.87. The molecule has 1 aromatic heterocycles. The number of anilines is 1. The molecule has 112 valence electrons. The second-order valence-corrected chi connectivity index (χ2v) is 7.54. The van der Waals surface area contributed by atoms with Gasteiger partial charge < -0.3 is 10.6 Å². The first kappa shape index (κ1) is 14.9. The zero-order valence-corrected chi connectivity index (χ0v) is 14.5. The zero-order valence-electron chi connectivity index (χ0n) is 12.1. The van der Waals surface area contributed by atoms with E-state index in [9.17, 15) is 4.79 Å². The minimum Gasteiger partial charge on any atom is -0.397 e. The summed E-state index contributed by atoms with van der Waals surface area (Å²) < 4.78 is 2.06. The van der Waals surface area contributed by atoms with Crippen LogP contribution in [0.15, 0.2) is 22.7 Å². The summed E-state index contributed by atoms with van der Waals surface area (Å²) in [6.45, 7) is 3.00. The Hall–Kier alpha value is -1.07. The van der Waals surface area contributed by atoms with E-state index in [1.54, 1.807) is 0 Å². The molecule has 1 aromatic carbocycles. The average Bonchev–Trinajstić information content (AvgIpc) is 3.25. The van der Waals surface area contributed by atoms with Crippen LogP contribution in [0.5, 0.6) is 0 Å². The Labute approximate surface area is 137 Å². The third-order valence-electron chi connectivity index (χ3n) is 3.88. The minimum atomic E-state index is 0.112. The predicted octanol–water partition coefficient (Wildman–Crippen LogP) is 4.65. The Morgan fingerprint density at radius 3 is 2.90 bits per heavy atom. The van der Waals surface area contributed by atoms with E-state index in [0.29, 0.717) is 16.6 Å². The van der Waals surface area contributed by atoms with Gasteiger partial charge in [-0.3, -0.25) is 4.79 Å². The molecule has 0 saturated heterocycles. The Bertz CT molecular complexity index is 678. The monoisotopic (exact) mass is 366 g/mol. The summed E-state index contributed by atoms with van der Waals surface area (Å²) in [5.74, 6) is 0.112. The fraction of sp³-hybridized carbons (Fsp3) is 0.438. The number of fused-ring (bicyclic) bond motifs is 1. The van der Waals surface area contributed by atoms with Crippen molar-refractivity contribution in [1.82, 2.24) is 4.90 Å². The standard InChI is InChI=1S/C16H19BrN2OS/c1-2-3-8-19(11-5-6-11)16(20)15-14(18)12-9-10(17)4-7-13(12)21-15/h4,7,9,11H,2-3,5-6,8,18H2,1H3. The number of thiophene rings is 1. The number of halogens is 1. The molecule has 1 fully saturated rings. The van der Waals surface area contributed by atoms with E-state index in [4.69, 9.17) is 5.73 Å². The highest BCUT2D eigenvalue weighted by Gasteiger charge is 2.34. The van der Waals surface area contributed by atoms with Gasteiger partial charge in [-0.15, -0.1) is 11.3 Å². The first-order valence-electron chi connectivity index (χ1n) is 7.40. The van der Waals surface area contributed by atoms with Crippen LogP contribution in [0.3, 0.4) is 0 Å². The van der Waals surface area contributed by atoms with Crippen LogP contribution >= 0.6 is 27.3 Å². The van der Waals surface area contributed by atoms with E-state index < -0.39 is 0 Å². The van der Waals surface area contributed by atoms with Gasteiger partial charge >= 0.3 is 0 Å². The highest BCUT2D eigenvalue weighted by atomic mass is 79.9. The van der Waals surface area contributed by atoms with E-state index in [0.717, 1.165) is 46.8 Å². The second kappa shape index (κ2) is 5.97. The van der Waals surface area contributed by atoms with Crippen LogP contribution in [0.4, 0.5) is 5.69 Å². The van der Waals surface area contributed by atoms with Gasteiger partial charge in [-0.05, 0) is 37.5 Å². The van der Waals surface area contributed by atoms with Gasteiger partial charge in [0.25, 0.3) is 5.91 Å². The molecule has 5 heteroatoms. The second-order valence-electron chi connectivity index (χ2n) is 5.57. The molecule has 1 aliphatic rings. The van der Waals surface area contributed by atoms with Gasteiger partial charge in [-0.1, -0.05) is 29.3 Å². The number of nitrogens with two attached hydrogens (primary N) is 1. The van der Waals surface area contributed by atoms with Crippen LogP contribution in [0.25, 0.3) is 10.1 Å². The number of nitrogens with zero attached hydrogens (tertiary/aromatic N) is 1. The van der Waals surface area contributed by atoms with Gasteiger partial charge in [-0.25, -0.2) is 0 Å². The van der Waals surface area contributed by atoms with E-state index >= 15 is 0 Å². The molecular formula is C16H19BrN2OS. The number of carbonyl (C=O) groups is 1. The summed E-state index contributed by atoms with van der Waals surface area (Å²) in [4.78, 5) is 15.6. The number of amides is 1. The van der Waals surface area contributed by atoms with Crippen LogP contribution in [0, 0.1) is 0 Å². The van der Waals surface area contributed by atoms with E-state index in [-0.39, 0.29) is 5.91 Å². The van der Waals surface area contributed by atoms with Gasteiger partial charge in [0, 0.05) is 27.1 Å². The number of hydrogen-bond acceptors (Lipinski definition) is 3. The number of unbranched alkanes of at least 4 members (excludes halogenated alkanes) is 1. The summed E-state index contributed by atoms with van der Waals surface area (Å²) in [6, 6.07) is 6.43. The maximum absolute atomic E-state index is 12.9. The SMILES string of the molecule is CCCCN(C(=O)c1sc2ccc(Br)cc2c1N)C1CC1. The van der Waals surface area contributed by atoms with Crippen LogP contribution in [0.1, 0.15) is 42.3 Å². The van der Waals surface area contributed by atoms with Crippen LogP contribution in [0.2, 0.25) is 0 Å². The van der Waals surface area contributed by atoms with Crippen LogP contribution < -0.4 is 5.73 Å². The van der Waals surface area contributed by atoms with Crippen molar-refractivity contribution in [3.63, 3.8) is 0 Å². The molecule has 2 aromatic rings. The van der Waals surface area contributed by atoms with Crippen molar-refractivity contribution < 1.29 is 4.79 Å². The van der Waals surface area contributed by atoms with Crippen molar-refractivity contribution in [1.29, 1.82) is 0 Å². The lowest BCUT2D eigenvalue weighted by molar-refractivity contribution is 0.0746. The van der Waals surface area contributed by atoms with Crippen molar-refractivity contribution in [2.75, 3.05) is 12.3 Å². The number of carbonyl (C=O) groups excluding carboxylic acids is 1. The average molecular weight is 367 g/mol. The lowest BCUT2D eigenvalue weighted by atomic mass is 10.2. The van der Waals surface area contributed by atoms with Crippen molar-refractivity contribution in [2.24, 2.45) is 0 Å². The molecule has 2 N–H and O–H groups in total. The van der Waals surface area contributed by atoms with Crippen LogP contribution in [-0.2, 0) is 0 Å². The summed E-state index contributed by atoms with van der Waals surface area (Å²) in [7, 11) is 0. The summed E-state index contributed by atoms with van der Waals surface area (Å²) >= 11 is 4.97. The lowest BCUT2D eigenvalue weighted by Crippen LogP contribution is -2.33. The highest BCUT2D eigenvalue weighted by Crippen LogP contribution is 2.38. The van der Waals surface area contributed by atoms with Crippen LogP contribution in [-0.4, -0.2) is 23.4 Å². The molecule has 0 radical (unpaired) electrons. The third kappa shape index (κ3) is 2.94. The van der Waals surface area contributed by atoms with Gasteiger partial charge in [0.2, 0.25) is 0 Å². The van der Waals surface area contributed by atoms with E-state index in [1.807, 2.05) is 23.1 Å². The third-order valence-corrected chi connectivity index (χ3v) is 5.55. The molecule has 1 amide bonds. The minimum absolute atomic E-state index is 0.112. The molecular weight excluding hydrogens is 348 g/mol. The molecule has 1 saturated carbocycles. The molecule has 3 nitrogen and oxygen atoms in total. The van der Waals surface area contributed by atoms with E-state index in [2.05, 4.69) is 22.9 Å². The fourth-order valence-corrected chi connectivity index (χ4v) is 3.96. The molecule has 0 aliphatic heterocycles. The number of benzene rings is 1. The Balaban J connectivity index is 1.94. The van der Waals surface area contributed by atoms with Crippen molar-refractivity contribution in [3.8, 4) is 0 Å². The lowest BCUT2D eigenvalue weighted by Gasteiger charge is -2.21. The first-order valence-corrected chi connectivity index (χ1v) is 9.01. The summed E-state index contributed by atoms with van der Waals surface area (Å²) in [5, 5.41) is 0.976. The molecule has 1 aliphatic carbocycles. The largest absolute Gasteiger partial charge is 0.397 e. The summed E-state index contributed by atoms with van der Waals surface area (Å²) in [6.07, 6.45) is 4.42. The quantitative estimate of drug-likeness (QED) is 0.836. The Kier molecular flexibility index (Phi) is 4.22. The number of hydrogen-bond donors (Lipinski definition) is 1. The van der Waals surface area contributed by atoms with Crippen molar-refractivity contribution in [2.45, 2.75) is 38.6 Å². The van der Waals surface area contributed by atoms with Crippen molar-refractivity contribution >= 4 is 48.9 Å². The molecule has 0 atom stereocenters.